The van der Waals surface area contributed by atoms with Crippen LogP contribution in [0.5, 0.6) is 0 Å². The van der Waals surface area contributed by atoms with Crippen LogP contribution in [0.15, 0.2) is 0 Å². The Hall–Kier alpha value is -1.11. The normalized spacial score (nSPS) is 14.6. The van der Waals surface area contributed by atoms with Gasteiger partial charge >= 0.3 is 5.97 Å². The Morgan fingerprint density at radius 2 is 1.63 bits per heavy atom. The third kappa shape index (κ3) is 4.49. The molecule has 1 amide bonds. The predicted molar refractivity (Wildman–Crippen MR) is 72.4 cm³/mol. The zero-order valence-electron chi connectivity index (χ0n) is 12.2. The number of rotatable bonds is 7. The molecule has 6 nitrogen and oxygen atoms in total. The average molecular weight is 293 g/mol. The van der Waals surface area contributed by atoms with Gasteiger partial charge in [0, 0.05) is 13.1 Å². The summed E-state index contributed by atoms with van der Waals surface area (Å²) in [5, 5.41) is -2.08. The first-order chi connectivity index (χ1) is 8.72. The molecule has 0 aromatic heterocycles. The summed E-state index contributed by atoms with van der Waals surface area (Å²) in [7, 11) is -2.50. The van der Waals surface area contributed by atoms with E-state index in [4.69, 9.17) is 0 Å². The second-order valence-corrected chi connectivity index (χ2v) is 7.02. The van der Waals surface area contributed by atoms with Gasteiger partial charge < -0.3 is 9.64 Å². The van der Waals surface area contributed by atoms with Crippen LogP contribution in [-0.2, 0) is 24.2 Å². The number of nitrogens with zero attached hydrogens (tertiary/aromatic N) is 1. The summed E-state index contributed by atoms with van der Waals surface area (Å²) in [6, 6.07) is 0. The lowest BCUT2D eigenvalue weighted by atomic mass is 10.3. The van der Waals surface area contributed by atoms with Crippen molar-refractivity contribution in [3.05, 3.63) is 0 Å². The fourth-order valence-electron chi connectivity index (χ4n) is 1.72. The smallest absolute Gasteiger partial charge is 0.306 e. The van der Waals surface area contributed by atoms with E-state index >= 15 is 0 Å². The van der Waals surface area contributed by atoms with E-state index in [1.807, 2.05) is 0 Å². The number of ether oxygens (including phenoxy) is 1. The van der Waals surface area contributed by atoms with Gasteiger partial charge in [-0.3, -0.25) is 9.59 Å². The Balaban J connectivity index is 4.99. The third-order valence-electron chi connectivity index (χ3n) is 3.16. The monoisotopic (exact) mass is 293 g/mol. The number of sulfone groups is 1. The van der Waals surface area contributed by atoms with Gasteiger partial charge in [0.05, 0.1) is 18.8 Å². The highest BCUT2D eigenvalue weighted by molar-refractivity contribution is 7.93. The Kier molecular flexibility index (Phi) is 7.04. The molecule has 112 valence electrons. The zero-order chi connectivity index (χ0) is 15.2. The van der Waals surface area contributed by atoms with Crippen molar-refractivity contribution in [2.45, 2.75) is 44.6 Å². The minimum absolute atomic E-state index is 0.241. The van der Waals surface area contributed by atoms with E-state index in [2.05, 4.69) is 4.74 Å². The Morgan fingerprint density at radius 1 is 1.16 bits per heavy atom. The van der Waals surface area contributed by atoms with Crippen molar-refractivity contribution in [2.24, 2.45) is 0 Å². The number of methoxy groups -OCH3 is 1. The lowest BCUT2D eigenvalue weighted by Crippen LogP contribution is -2.44. The van der Waals surface area contributed by atoms with E-state index in [1.165, 1.54) is 25.9 Å². The first-order valence-corrected chi connectivity index (χ1v) is 7.91. The molecule has 0 radical (unpaired) electrons. The van der Waals surface area contributed by atoms with Gasteiger partial charge in [0.2, 0.25) is 5.91 Å². The molecule has 0 rings (SSSR count). The number of esters is 1. The second-order valence-electron chi connectivity index (χ2n) is 4.33. The summed E-state index contributed by atoms with van der Waals surface area (Å²) in [6.45, 7) is 7.28. The van der Waals surface area contributed by atoms with E-state index in [0.717, 1.165) is 0 Å². The molecule has 0 aromatic carbocycles. The van der Waals surface area contributed by atoms with Crippen molar-refractivity contribution in [3.8, 4) is 0 Å². The van der Waals surface area contributed by atoms with Gasteiger partial charge in [0.15, 0.2) is 9.84 Å². The maximum atomic E-state index is 12.2. The van der Waals surface area contributed by atoms with E-state index in [0.29, 0.717) is 13.1 Å². The molecule has 2 unspecified atom stereocenters. The summed E-state index contributed by atoms with van der Waals surface area (Å²) < 4.78 is 28.9. The van der Waals surface area contributed by atoms with Crippen LogP contribution in [0.1, 0.15) is 34.1 Å². The topological polar surface area (TPSA) is 80.8 Å². The van der Waals surface area contributed by atoms with E-state index in [9.17, 15) is 18.0 Å². The largest absolute Gasteiger partial charge is 0.469 e. The fourth-order valence-corrected chi connectivity index (χ4v) is 3.21. The maximum Gasteiger partial charge on any atom is 0.306 e. The van der Waals surface area contributed by atoms with E-state index in [-0.39, 0.29) is 6.42 Å². The van der Waals surface area contributed by atoms with Crippen molar-refractivity contribution < 1.29 is 22.7 Å². The highest BCUT2D eigenvalue weighted by atomic mass is 32.2. The maximum absolute atomic E-state index is 12.2. The van der Waals surface area contributed by atoms with Gasteiger partial charge in [-0.2, -0.15) is 0 Å². The second kappa shape index (κ2) is 7.47. The molecule has 0 saturated heterocycles. The molecule has 19 heavy (non-hydrogen) atoms. The molecule has 0 aliphatic rings. The zero-order valence-corrected chi connectivity index (χ0v) is 13.0. The molecular weight excluding hydrogens is 270 g/mol. The lowest BCUT2D eigenvalue weighted by molar-refractivity contribution is -0.140. The predicted octanol–water partition coefficient (Wildman–Crippen LogP) is 0.610. The molecule has 0 heterocycles. The average Bonchev–Trinajstić information content (AvgIpc) is 2.38. The van der Waals surface area contributed by atoms with Gasteiger partial charge in [-0.25, -0.2) is 8.42 Å². The molecule has 0 spiro atoms. The Morgan fingerprint density at radius 3 is 2.00 bits per heavy atom. The van der Waals surface area contributed by atoms with Gasteiger partial charge in [-0.05, 0) is 27.7 Å². The number of hydrogen-bond acceptors (Lipinski definition) is 5. The number of carbonyl (C=O) groups excluding carboxylic acids is 2. The van der Waals surface area contributed by atoms with Crippen molar-refractivity contribution in [1.82, 2.24) is 4.90 Å². The summed E-state index contributed by atoms with van der Waals surface area (Å²) in [4.78, 5) is 24.6. The number of hydrogen-bond donors (Lipinski definition) is 0. The third-order valence-corrected chi connectivity index (χ3v) is 5.63. The fraction of sp³-hybridized carbons (Fsp3) is 0.833. The van der Waals surface area contributed by atoms with Gasteiger partial charge in [0.1, 0.15) is 5.25 Å². The van der Waals surface area contributed by atoms with E-state index < -0.39 is 32.2 Å². The van der Waals surface area contributed by atoms with Crippen LogP contribution >= 0.6 is 0 Å². The van der Waals surface area contributed by atoms with Crippen molar-refractivity contribution in [3.63, 3.8) is 0 Å². The summed E-state index contributed by atoms with van der Waals surface area (Å²) in [5.41, 5.74) is 0. The molecule has 2 atom stereocenters. The highest BCUT2D eigenvalue weighted by Crippen LogP contribution is 2.15. The van der Waals surface area contributed by atoms with Crippen molar-refractivity contribution in [2.75, 3.05) is 20.2 Å². The van der Waals surface area contributed by atoms with Crippen LogP contribution in [0, 0.1) is 0 Å². The molecule has 0 aliphatic heterocycles. The van der Waals surface area contributed by atoms with Crippen LogP contribution in [0.4, 0.5) is 0 Å². The quantitative estimate of drug-likeness (QED) is 0.642. The van der Waals surface area contributed by atoms with Crippen LogP contribution in [0.25, 0.3) is 0 Å². The molecule has 0 N–H and O–H groups in total. The lowest BCUT2D eigenvalue weighted by Gasteiger charge is -2.24. The van der Waals surface area contributed by atoms with Gasteiger partial charge in [0.25, 0.3) is 0 Å². The molecule has 0 bridgehead atoms. The first kappa shape index (κ1) is 17.9. The van der Waals surface area contributed by atoms with Crippen LogP contribution in [0.3, 0.4) is 0 Å². The Bertz CT molecular complexity index is 414. The van der Waals surface area contributed by atoms with Crippen LogP contribution in [0.2, 0.25) is 0 Å². The first-order valence-electron chi connectivity index (χ1n) is 6.30. The summed E-state index contributed by atoms with van der Waals surface area (Å²) in [6.07, 6.45) is -0.241. The number of amides is 1. The molecule has 0 aliphatic carbocycles. The molecule has 0 aromatic rings. The SMILES string of the molecule is CCN(CC)C(=O)C(C)S(=O)(=O)C(C)CC(=O)OC. The van der Waals surface area contributed by atoms with Crippen LogP contribution in [-0.4, -0.2) is 55.9 Å². The standard InChI is InChI=1S/C12H23NO5S/c1-6-13(7-2)12(15)10(4)19(16,17)9(3)8-11(14)18-5/h9-10H,6-8H2,1-5H3. The van der Waals surface area contributed by atoms with E-state index in [1.54, 1.807) is 13.8 Å². The van der Waals surface area contributed by atoms with Gasteiger partial charge in [-0.15, -0.1) is 0 Å². The van der Waals surface area contributed by atoms with Crippen molar-refractivity contribution >= 4 is 21.7 Å². The molecular formula is C12H23NO5S. The molecule has 0 fully saturated rings. The molecule has 0 saturated carbocycles. The summed E-state index contributed by atoms with van der Waals surface area (Å²) >= 11 is 0. The van der Waals surface area contributed by atoms with Crippen LogP contribution < -0.4 is 0 Å². The summed E-state index contributed by atoms with van der Waals surface area (Å²) in [5.74, 6) is -1.03. The van der Waals surface area contributed by atoms with Gasteiger partial charge in [-0.1, -0.05) is 0 Å². The van der Waals surface area contributed by atoms with Crippen molar-refractivity contribution in [1.29, 1.82) is 0 Å². The molecule has 7 heteroatoms. The minimum Gasteiger partial charge on any atom is -0.469 e. The Labute approximate surface area is 115 Å². The number of carbonyl (C=O) groups is 2. The minimum atomic E-state index is -3.70. The highest BCUT2D eigenvalue weighted by Gasteiger charge is 2.35.